The molecule has 0 amide bonds. The van der Waals surface area contributed by atoms with E-state index in [9.17, 15) is 17.6 Å². The molecule has 2 saturated heterocycles. The molecule has 0 radical (unpaired) electrons. The van der Waals surface area contributed by atoms with Gasteiger partial charge in [-0.25, -0.2) is 8.78 Å². The number of fused-ring (bicyclic) bond motifs is 2. The topological polar surface area (TPSA) is 15.3 Å². The molecule has 2 aliphatic rings. The number of rotatable bonds is 5. The second kappa shape index (κ2) is 5.33. The zero-order valence-corrected chi connectivity index (χ0v) is 10.5. The highest BCUT2D eigenvalue weighted by atomic mass is 19.3. The van der Waals surface area contributed by atoms with E-state index in [1.54, 1.807) is 4.90 Å². The fourth-order valence-corrected chi connectivity index (χ4v) is 3.30. The van der Waals surface area contributed by atoms with E-state index < -0.39 is 18.9 Å². The van der Waals surface area contributed by atoms with Crippen molar-refractivity contribution in [2.75, 3.05) is 13.1 Å². The first-order valence-electron chi connectivity index (χ1n) is 6.59. The van der Waals surface area contributed by atoms with Gasteiger partial charge in [-0.15, -0.1) is 0 Å². The number of hydrogen-bond donors (Lipinski definition) is 1. The summed E-state index contributed by atoms with van der Waals surface area (Å²) in [7, 11) is 0. The molecule has 2 atom stereocenters. The van der Waals surface area contributed by atoms with Gasteiger partial charge >= 0.3 is 12.3 Å². The molecule has 0 aromatic carbocycles. The summed E-state index contributed by atoms with van der Waals surface area (Å²) in [5.41, 5.74) is 0. The summed E-state index contributed by atoms with van der Waals surface area (Å²) in [4.78, 5) is 1.61. The Hall–Kier alpha value is -0.360. The molecule has 2 aliphatic heterocycles. The van der Waals surface area contributed by atoms with Crippen LogP contribution in [0.15, 0.2) is 0 Å². The molecule has 0 saturated carbocycles. The highest BCUT2D eigenvalue weighted by molar-refractivity contribution is 4.99. The summed E-state index contributed by atoms with van der Waals surface area (Å²) in [6.07, 6.45) is -0.270. The highest BCUT2D eigenvalue weighted by Gasteiger charge is 2.49. The van der Waals surface area contributed by atoms with Crippen LogP contribution in [0.4, 0.5) is 17.6 Å². The minimum atomic E-state index is -3.88. The number of halogens is 4. The molecule has 2 rings (SSSR count). The molecule has 0 aromatic rings. The van der Waals surface area contributed by atoms with Gasteiger partial charge in [0.1, 0.15) is 0 Å². The zero-order valence-electron chi connectivity index (χ0n) is 10.5. The van der Waals surface area contributed by atoms with Gasteiger partial charge in [0, 0.05) is 18.1 Å². The molecule has 2 heterocycles. The average molecular weight is 268 g/mol. The molecule has 0 aliphatic carbocycles. The molecule has 1 N–H and O–H groups in total. The molecule has 2 nitrogen and oxygen atoms in total. The summed E-state index contributed by atoms with van der Waals surface area (Å²) >= 11 is 0. The van der Waals surface area contributed by atoms with Crippen LogP contribution in [-0.4, -0.2) is 48.5 Å². The third kappa shape index (κ3) is 2.79. The van der Waals surface area contributed by atoms with Crippen LogP contribution in [0.5, 0.6) is 0 Å². The summed E-state index contributed by atoms with van der Waals surface area (Å²) in [6.45, 7) is 2.08. The first-order chi connectivity index (χ1) is 8.44. The quantitative estimate of drug-likeness (QED) is 0.771. The monoisotopic (exact) mass is 268 g/mol. The Kier molecular flexibility index (Phi) is 4.16. The minimum Gasteiger partial charge on any atom is -0.314 e. The fraction of sp³-hybridized carbons (Fsp3) is 1.00. The third-order valence-electron chi connectivity index (χ3n) is 4.09. The molecular formula is C12H20F4N2. The number of nitrogens with one attached hydrogen (secondary N) is 1. The zero-order chi connectivity index (χ0) is 13.3. The summed E-state index contributed by atoms with van der Waals surface area (Å²) in [6, 6.07) is 0.429. The lowest BCUT2D eigenvalue weighted by atomic mass is 9.97. The standard InChI is InChI=1S/C12H20F4N2/c1-2-17-8-5-9-3-4-10(6-8)18(9)7-12(15,16)11(13)14/h8-11,17H,2-7H2,1H3. The Morgan fingerprint density at radius 3 is 2.22 bits per heavy atom. The predicted molar refractivity (Wildman–Crippen MR) is 61.2 cm³/mol. The summed E-state index contributed by atoms with van der Waals surface area (Å²) < 4.78 is 50.8. The molecule has 2 bridgehead atoms. The van der Waals surface area contributed by atoms with Crippen molar-refractivity contribution >= 4 is 0 Å². The number of hydrogen-bond acceptors (Lipinski definition) is 2. The third-order valence-corrected chi connectivity index (χ3v) is 4.09. The van der Waals surface area contributed by atoms with Crippen molar-refractivity contribution in [1.82, 2.24) is 10.2 Å². The lowest BCUT2D eigenvalue weighted by Crippen LogP contribution is -2.53. The molecular weight excluding hydrogens is 248 g/mol. The Morgan fingerprint density at radius 2 is 1.78 bits per heavy atom. The van der Waals surface area contributed by atoms with E-state index in [-0.39, 0.29) is 12.1 Å². The van der Waals surface area contributed by atoms with E-state index in [0.717, 1.165) is 32.2 Å². The smallest absolute Gasteiger partial charge is 0.314 e. The van der Waals surface area contributed by atoms with Crippen molar-refractivity contribution < 1.29 is 17.6 Å². The van der Waals surface area contributed by atoms with Crippen LogP contribution < -0.4 is 5.32 Å². The summed E-state index contributed by atoms with van der Waals surface area (Å²) in [5, 5.41) is 3.33. The lowest BCUT2D eigenvalue weighted by Gasteiger charge is -2.40. The number of nitrogens with zero attached hydrogens (tertiary/aromatic N) is 1. The predicted octanol–water partition coefficient (Wildman–Crippen LogP) is 2.49. The molecule has 0 spiro atoms. The van der Waals surface area contributed by atoms with Gasteiger partial charge in [-0.05, 0) is 32.2 Å². The van der Waals surface area contributed by atoms with Crippen LogP contribution in [0.2, 0.25) is 0 Å². The van der Waals surface area contributed by atoms with Gasteiger partial charge in [0.25, 0.3) is 0 Å². The normalized spacial score (nSPS) is 33.3. The van der Waals surface area contributed by atoms with E-state index in [1.165, 1.54) is 0 Å². The van der Waals surface area contributed by atoms with Crippen LogP contribution in [-0.2, 0) is 0 Å². The Labute approximate surface area is 105 Å². The van der Waals surface area contributed by atoms with Gasteiger partial charge in [0.15, 0.2) is 0 Å². The van der Waals surface area contributed by atoms with Gasteiger partial charge in [-0.3, -0.25) is 4.90 Å². The van der Waals surface area contributed by atoms with Gasteiger partial charge in [-0.2, -0.15) is 8.78 Å². The lowest BCUT2D eigenvalue weighted by molar-refractivity contribution is -0.150. The van der Waals surface area contributed by atoms with E-state index in [0.29, 0.717) is 6.04 Å². The van der Waals surface area contributed by atoms with Crippen molar-refractivity contribution in [3.63, 3.8) is 0 Å². The molecule has 0 aromatic heterocycles. The molecule has 18 heavy (non-hydrogen) atoms. The van der Waals surface area contributed by atoms with Crippen molar-refractivity contribution in [2.24, 2.45) is 0 Å². The van der Waals surface area contributed by atoms with Crippen LogP contribution >= 0.6 is 0 Å². The van der Waals surface area contributed by atoms with E-state index in [4.69, 9.17) is 0 Å². The van der Waals surface area contributed by atoms with Gasteiger partial charge in [0.05, 0.1) is 6.54 Å². The van der Waals surface area contributed by atoms with Gasteiger partial charge in [-0.1, -0.05) is 6.92 Å². The SMILES string of the molecule is CCNC1CC2CCC(C1)N2CC(F)(F)C(F)F. The second-order valence-electron chi connectivity index (χ2n) is 5.35. The van der Waals surface area contributed by atoms with Crippen molar-refractivity contribution in [3.8, 4) is 0 Å². The minimum absolute atomic E-state index is 0.0393. The summed E-state index contributed by atoms with van der Waals surface area (Å²) in [5.74, 6) is -3.88. The largest absolute Gasteiger partial charge is 0.319 e. The maximum Gasteiger partial charge on any atom is 0.319 e. The first-order valence-corrected chi connectivity index (χ1v) is 6.59. The van der Waals surface area contributed by atoms with Crippen LogP contribution in [0.1, 0.15) is 32.6 Å². The fourth-order valence-electron chi connectivity index (χ4n) is 3.30. The maximum atomic E-state index is 13.1. The number of piperidine rings is 1. The van der Waals surface area contributed by atoms with Crippen LogP contribution in [0, 0.1) is 0 Å². The Morgan fingerprint density at radius 1 is 1.22 bits per heavy atom. The van der Waals surface area contributed by atoms with Crippen molar-refractivity contribution in [2.45, 2.75) is 63.1 Å². The Bertz CT molecular complexity index is 271. The van der Waals surface area contributed by atoms with Gasteiger partial charge < -0.3 is 5.32 Å². The second-order valence-corrected chi connectivity index (χ2v) is 5.35. The average Bonchev–Trinajstić information content (AvgIpc) is 2.52. The maximum absolute atomic E-state index is 13.1. The van der Waals surface area contributed by atoms with E-state index in [1.807, 2.05) is 6.92 Å². The van der Waals surface area contributed by atoms with Crippen LogP contribution in [0.25, 0.3) is 0 Å². The first kappa shape index (κ1) is 14.1. The van der Waals surface area contributed by atoms with Crippen molar-refractivity contribution in [1.29, 1.82) is 0 Å². The molecule has 2 fully saturated rings. The van der Waals surface area contributed by atoms with Crippen molar-refractivity contribution in [3.05, 3.63) is 0 Å². The highest BCUT2D eigenvalue weighted by Crippen LogP contribution is 2.38. The van der Waals surface area contributed by atoms with E-state index in [2.05, 4.69) is 5.32 Å². The molecule has 106 valence electrons. The van der Waals surface area contributed by atoms with Crippen LogP contribution in [0.3, 0.4) is 0 Å². The van der Waals surface area contributed by atoms with E-state index >= 15 is 0 Å². The molecule has 6 heteroatoms. The number of alkyl halides is 4. The Balaban J connectivity index is 1.96. The van der Waals surface area contributed by atoms with Gasteiger partial charge in [0.2, 0.25) is 0 Å². The molecule has 2 unspecified atom stereocenters.